The van der Waals surface area contributed by atoms with Gasteiger partial charge >= 0.3 is 0 Å². The SMILES string of the molecule is CC1(C)CO[C@@H](c2ccccc2Cl)CN1Cn1ncc2ccc([N+](=O)[O-])cc21. The average molecular weight is 401 g/mol. The van der Waals surface area contributed by atoms with Crippen LogP contribution in [-0.2, 0) is 11.4 Å². The highest BCUT2D eigenvalue weighted by molar-refractivity contribution is 6.31. The third kappa shape index (κ3) is 3.48. The van der Waals surface area contributed by atoms with Crippen molar-refractivity contribution in [3.05, 3.63) is 69.4 Å². The number of hydrogen-bond acceptors (Lipinski definition) is 5. The fraction of sp³-hybridized carbons (Fsp3) is 0.350. The zero-order chi connectivity index (χ0) is 19.9. The minimum atomic E-state index is -0.386. The van der Waals surface area contributed by atoms with Crippen LogP contribution in [0.25, 0.3) is 10.9 Å². The van der Waals surface area contributed by atoms with Gasteiger partial charge in [-0.2, -0.15) is 5.10 Å². The van der Waals surface area contributed by atoms with Crippen molar-refractivity contribution >= 4 is 28.2 Å². The molecule has 0 bridgehead atoms. The number of aromatic nitrogens is 2. The molecule has 4 rings (SSSR count). The van der Waals surface area contributed by atoms with Crippen molar-refractivity contribution in [1.82, 2.24) is 14.7 Å². The third-order valence-corrected chi connectivity index (χ3v) is 5.62. The first-order valence-corrected chi connectivity index (χ1v) is 9.44. The molecule has 2 heterocycles. The lowest BCUT2D eigenvalue weighted by Gasteiger charge is -2.45. The summed E-state index contributed by atoms with van der Waals surface area (Å²) < 4.78 is 7.91. The van der Waals surface area contributed by atoms with Crippen molar-refractivity contribution in [3.8, 4) is 0 Å². The maximum Gasteiger partial charge on any atom is 0.271 e. The number of non-ortho nitro benzene ring substituents is 1. The predicted molar refractivity (Wildman–Crippen MR) is 107 cm³/mol. The van der Waals surface area contributed by atoms with E-state index in [1.54, 1.807) is 23.0 Å². The van der Waals surface area contributed by atoms with E-state index in [4.69, 9.17) is 16.3 Å². The van der Waals surface area contributed by atoms with Gasteiger partial charge in [0.15, 0.2) is 0 Å². The topological polar surface area (TPSA) is 73.4 Å². The zero-order valence-corrected chi connectivity index (χ0v) is 16.5. The predicted octanol–water partition coefficient (Wildman–Crippen LogP) is 4.41. The Morgan fingerprint density at radius 1 is 1.32 bits per heavy atom. The monoisotopic (exact) mass is 400 g/mol. The van der Waals surface area contributed by atoms with Crippen molar-refractivity contribution in [2.45, 2.75) is 32.2 Å². The second-order valence-electron chi connectivity index (χ2n) is 7.64. The molecular formula is C20H21ClN4O3. The Bertz CT molecular complexity index is 1030. The average Bonchev–Trinajstić information content (AvgIpc) is 3.06. The van der Waals surface area contributed by atoms with Crippen molar-refractivity contribution in [2.24, 2.45) is 0 Å². The Hall–Kier alpha value is -2.48. The van der Waals surface area contributed by atoms with Crippen LogP contribution in [0.4, 0.5) is 5.69 Å². The molecule has 0 N–H and O–H groups in total. The summed E-state index contributed by atoms with van der Waals surface area (Å²) in [6.07, 6.45) is 1.59. The number of fused-ring (bicyclic) bond motifs is 1. The second kappa shape index (κ2) is 7.16. The van der Waals surface area contributed by atoms with Gasteiger partial charge in [-0.15, -0.1) is 0 Å². The molecule has 2 aromatic carbocycles. The van der Waals surface area contributed by atoms with Gasteiger partial charge in [-0.1, -0.05) is 29.8 Å². The molecular weight excluding hydrogens is 380 g/mol. The van der Waals surface area contributed by atoms with Crippen LogP contribution in [0.2, 0.25) is 5.02 Å². The Kier molecular flexibility index (Phi) is 4.82. The van der Waals surface area contributed by atoms with Gasteiger partial charge in [0, 0.05) is 40.2 Å². The van der Waals surface area contributed by atoms with E-state index in [0.29, 0.717) is 24.8 Å². The first-order chi connectivity index (χ1) is 13.3. The van der Waals surface area contributed by atoms with E-state index < -0.39 is 0 Å². The van der Waals surface area contributed by atoms with E-state index in [2.05, 4.69) is 23.8 Å². The maximum absolute atomic E-state index is 11.1. The molecule has 0 saturated carbocycles. The molecule has 8 heteroatoms. The summed E-state index contributed by atoms with van der Waals surface area (Å²) in [4.78, 5) is 13.0. The van der Waals surface area contributed by atoms with Crippen LogP contribution in [0.1, 0.15) is 25.5 Å². The normalized spacial score (nSPS) is 19.8. The minimum Gasteiger partial charge on any atom is -0.370 e. The summed E-state index contributed by atoms with van der Waals surface area (Å²) in [5.74, 6) is 0. The van der Waals surface area contributed by atoms with Crippen LogP contribution >= 0.6 is 11.6 Å². The molecule has 1 aliphatic rings. The Morgan fingerprint density at radius 3 is 2.86 bits per heavy atom. The van der Waals surface area contributed by atoms with Crippen LogP contribution in [-0.4, -0.2) is 38.3 Å². The fourth-order valence-corrected chi connectivity index (χ4v) is 3.77. The highest BCUT2D eigenvalue weighted by Crippen LogP contribution is 2.34. The summed E-state index contributed by atoms with van der Waals surface area (Å²) in [5.41, 5.74) is 1.55. The Morgan fingerprint density at radius 2 is 2.11 bits per heavy atom. The van der Waals surface area contributed by atoms with Crippen LogP contribution in [0.15, 0.2) is 48.7 Å². The van der Waals surface area contributed by atoms with Gasteiger partial charge in [-0.3, -0.25) is 19.7 Å². The minimum absolute atomic E-state index is 0.0597. The number of nitrogens with zero attached hydrogens (tertiary/aromatic N) is 4. The molecule has 0 amide bonds. The van der Waals surface area contributed by atoms with Gasteiger partial charge < -0.3 is 4.74 Å². The lowest BCUT2D eigenvalue weighted by molar-refractivity contribution is -0.384. The molecule has 0 radical (unpaired) electrons. The number of benzene rings is 2. The summed E-state index contributed by atoms with van der Waals surface area (Å²) in [5, 5.41) is 17.2. The number of rotatable bonds is 4. The number of hydrogen-bond donors (Lipinski definition) is 0. The summed E-state index contributed by atoms with van der Waals surface area (Å²) in [6.45, 7) is 5.92. The van der Waals surface area contributed by atoms with Crippen molar-refractivity contribution in [1.29, 1.82) is 0 Å². The molecule has 1 atom stereocenters. The number of ether oxygens (including phenoxy) is 1. The number of morpholine rings is 1. The van der Waals surface area contributed by atoms with Gasteiger partial charge in [-0.25, -0.2) is 0 Å². The molecule has 1 fully saturated rings. The smallest absolute Gasteiger partial charge is 0.271 e. The zero-order valence-electron chi connectivity index (χ0n) is 15.7. The third-order valence-electron chi connectivity index (χ3n) is 5.28. The second-order valence-corrected chi connectivity index (χ2v) is 8.05. The van der Waals surface area contributed by atoms with Gasteiger partial charge in [0.25, 0.3) is 5.69 Å². The maximum atomic E-state index is 11.1. The van der Waals surface area contributed by atoms with Crippen LogP contribution in [0.5, 0.6) is 0 Å². The summed E-state index contributed by atoms with van der Waals surface area (Å²) >= 11 is 6.36. The molecule has 1 aliphatic heterocycles. The molecule has 3 aromatic rings. The van der Waals surface area contributed by atoms with Gasteiger partial charge in [0.1, 0.15) is 0 Å². The van der Waals surface area contributed by atoms with E-state index in [1.165, 1.54) is 6.07 Å². The molecule has 146 valence electrons. The molecule has 1 saturated heterocycles. The van der Waals surface area contributed by atoms with Crippen molar-refractivity contribution in [3.63, 3.8) is 0 Å². The first kappa shape index (κ1) is 18.9. The largest absolute Gasteiger partial charge is 0.370 e. The fourth-order valence-electron chi connectivity index (χ4n) is 3.52. The molecule has 0 unspecified atom stereocenters. The van der Waals surface area contributed by atoms with Crippen LogP contribution < -0.4 is 0 Å². The van der Waals surface area contributed by atoms with Gasteiger partial charge in [-0.05, 0) is 26.0 Å². The van der Waals surface area contributed by atoms with Crippen molar-refractivity contribution in [2.75, 3.05) is 13.2 Å². The number of nitro benzene ring substituents is 1. The molecule has 0 aliphatic carbocycles. The van der Waals surface area contributed by atoms with E-state index in [-0.39, 0.29) is 22.3 Å². The molecule has 0 spiro atoms. The molecule has 28 heavy (non-hydrogen) atoms. The number of halogens is 1. The Balaban J connectivity index is 1.63. The lowest BCUT2D eigenvalue weighted by atomic mass is 9.99. The summed E-state index contributed by atoms with van der Waals surface area (Å²) in [7, 11) is 0. The quantitative estimate of drug-likeness (QED) is 0.479. The van der Waals surface area contributed by atoms with Gasteiger partial charge in [0.2, 0.25) is 0 Å². The molecule has 7 nitrogen and oxygen atoms in total. The number of nitro groups is 1. The Labute approximate surface area is 167 Å². The standard InChI is InChI=1S/C20H21ClN4O3/c1-20(2)12-28-19(16-5-3-4-6-17(16)21)11-23(20)13-24-18-9-15(25(26)27)8-7-14(18)10-22-24/h3-10,19H,11-13H2,1-2H3/t19-/m1/s1. The van der Waals surface area contributed by atoms with Crippen LogP contribution in [0.3, 0.4) is 0 Å². The highest BCUT2D eigenvalue weighted by Gasteiger charge is 2.36. The van der Waals surface area contributed by atoms with E-state index in [9.17, 15) is 10.1 Å². The van der Waals surface area contributed by atoms with Crippen molar-refractivity contribution < 1.29 is 9.66 Å². The lowest BCUT2D eigenvalue weighted by Crippen LogP contribution is -2.54. The van der Waals surface area contributed by atoms with Crippen LogP contribution in [0, 0.1) is 10.1 Å². The van der Waals surface area contributed by atoms with Gasteiger partial charge in [0.05, 0.1) is 36.0 Å². The summed E-state index contributed by atoms with van der Waals surface area (Å²) in [6, 6.07) is 12.5. The first-order valence-electron chi connectivity index (χ1n) is 9.06. The molecule has 1 aromatic heterocycles. The van der Waals surface area contributed by atoms with E-state index in [1.807, 2.05) is 24.3 Å². The highest BCUT2D eigenvalue weighted by atomic mass is 35.5. The van der Waals surface area contributed by atoms with E-state index >= 15 is 0 Å². The van der Waals surface area contributed by atoms with E-state index in [0.717, 1.165) is 16.5 Å².